The smallest absolute Gasteiger partial charge is 0.338 e. The highest BCUT2D eigenvalue weighted by atomic mass is 19.1. The fourth-order valence-corrected chi connectivity index (χ4v) is 2.01. The molecule has 0 spiro atoms. The number of ether oxygens (including phenoxy) is 1. The van der Waals surface area contributed by atoms with Crippen molar-refractivity contribution in [2.24, 2.45) is 5.92 Å². The molecule has 0 heterocycles. The van der Waals surface area contributed by atoms with Crippen molar-refractivity contribution >= 4 is 11.9 Å². The van der Waals surface area contributed by atoms with E-state index in [0.717, 1.165) is 25.0 Å². The van der Waals surface area contributed by atoms with E-state index in [2.05, 4.69) is 11.4 Å². The molecule has 21 heavy (non-hydrogen) atoms. The van der Waals surface area contributed by atoms with Crippen LogP contribution in [0.2, 0.25) is 0 Å². The first kappa shape index (κ1) is 15.0. The first-order valence-electron chi connectivity index (χ1n) is 6.59. The van der Waals surface area contributed by atoms with Crippen molar-refractivity contribution in [1.82, 2.24) is 5.32 Å². The number of halogens is 1. The molecule has 1 N–H and O–H groups in total. The Kier molecular flexibility index (Phi) is 4.22. The zero-order chi connectivity index (χ0) is 15.5. The number of nitriles is 1. The van der Waals surface area contributed by atoms with E-state index >= 15 is 0 Å². The maximum Gasteiger partial charge on any atom is 0.338 e. The van der Waals surface area contributed by atoms with Gasteiger partial charge in [-0.3, -0.25) is 4.79 Å². The Morgan fingerprint density at radius 1 is 1.43 bits per heavy atom. The lowest BCUT2D eigenvalue weighted by atomic mass is 9.98. The summed E-state index contributed by atoms with van der Waals surface area (Å²) in [5, 5.41) is 11.7. The number of hydrogen-bond acceptors (Lipinski definition) is 4. The number of carbonyl (C=O) groups is 2. The van der Waals surface area contributed by atoms with Gasteiger partial charge >= 0.3 is 5.97 Å². The average Bonchev–Trinajstić information content (AvgIpc) is 3.30. The fourth-order valence-electron chi connectivity index (χ4n) is 2.01. The van der Waals surface area contributed by atoms with Gasteiger partial charge in [0.1, 0.15) is 11.4 Å². The van der Waals surface area contributed by atoms with Gasteiger partial charge in [0.2, 0.25) is 0 Å². The van der Waals surface area contributed by atoms with Gasteiger partial charge in [-0.25, -0.2) is 9.18 Å². The molecule has 1 aliphatic rings. The minimum Gasteiger partial charge on any atom is -0.452 e. The highest BCUT2D eigenvalue weighted by molar-refractivity contribution is 5.91. The number of benzene rings is 1. The lowest BCUT2D eigenvalue weighted by molar-refractivity contribution is -0.125. The normalized spacial score (nSPS) is 16.4. The molecule has 110 valence electrons. The van der Waals surface area contributed by atoms with Gasteiger partial charge in [-0.2, -0.15) is 5.26 Å². The van der Waals surface area contributed by atoms with Gasteiger partial charge in [-0.15, -0.1) is 0 Å². The third-order valence-corrected chi connectivity index (χ3v) is 3.44. The summed E-state index contributed by atoms with van der Waals surface area (Å²) in [7, 11) is 0. The minimum absolute atomic E-state index is 0.152. The predicted octanol–water partition coefficient (Wildman–Crippen LogP) is 1.79. The van der Waals surface area contributed by atoms with Crippen LogP contribution in [-0.2, 0) is 9.53 Å². The number of hydrogen-bond donors (Lipinski definition) is 1. The fraction of sp³-hybridized carbons (Fsp3) is 0.400. The van der Waals surface area contributed by atoms with Gasteiger partial charge < -0.3 is 10.1 Å². The van der Waals surface area contributed by atoms with Crippen LogP contribution in [0.15, 0.2) is 24.3 Å². The second-order valence-corrected chi connectivity index (χ2v) is 5.22. The Morgan fingerprint density at radius 2 is 2.05 bits per heavy atom. The number of rotatable bonds is 5. The lowest BCUT2D eigenvalue weighted by Gasteiger charge is -2.22. The molecule has 1 aromatic carbocycles. The van der Waals surface area contributed by atoms with Crippen LogP contribution < -0.4 is 5.32 Å². The van der Waals surface area contributed by atoms with Crippen molar-refractivity contribution in [1.29, 1.82) is 5.26 Å². The summed E-state index contributed by atoms with van der Waals surface area (Å²) in [5.41, 5.74) is -0.756. The molecule has 0 saturated heterocycles. The van der Waals surface area contributed by atoms with E-state index in [-0.39, 0.29) is 11.5 Å². The van der Waals surface area contributed by atoms with E-state index in [1.54, 1.807) is 6.92 Å². The van der Waals surface area contributed by atoms with Crippen LogP contribution in [0, 0.1) is 23.1 Å². The van der Waals surface area contributed by atoms with Gasteiger partial charge in [0.15, 0.2) is 6.61 Å². The van der Waals surface area contributed by atoms with Crippen molar-refractivity contribution in [3.63, 3.8) is 0 Å². The van der Waals surface area contributed by atoms with E-state index in [1.165, 1.54) is 12.1 Å². The van der Waals surface area contributed by atoms with E-state index in [4.69, 9.17) is 10.00 Å². The molecule has 0 unspecified atom stereocenters. The Hall–Kier alpha value is -2.42. The molecule has 0 radical (unpaired) electrons. The van der Waals surface area contributed by atoms with E-state index < -0.39 is 29.8 Å². The van der Waals surface area contributed by atoms with Gasteiger partial charge in [-0.1, -0.05) is 0 Å². The number of esters is 1. The summed E-state index contributed by atoms with van der Waals surface area (Å²) in [6.45, 7) is 1.19. The molecule has 1 amide bonds. The van der Waals surface area contributed by atoms with Crippen LogP contribution in [0.3, 0.4) is 0 Å². The maximum absolute atomic E-state index is 12.7. The molecule has 1 aliphatic carbocycles. The van der Waals surface area contributed by atoms with Crippen LogP contribution in [0.5, 0.6) is 0 Å². The first-order valence-corrected chi connectivity index (χ1v) is 6.59. The molecule has 0 bridgehead atoms. The first-order chi connectivity index (χ1) is 9.94. The summed E-state index contributed by atoms with van der Waals surface area (Å²) in [5.74, 6) is -1.55. The van der Waals surface area contributed by atoms with E-state index in [0.29, 0.717) is 0 Å². The quantitative estimate of drug-likeness (QED) is 0.838. The predicted molar refractivity (Wildman–Crippen MR) is 71.6 cm³/mol. The third-order valence-electron chi connectivity index (χ3n) is 3.44. The summed E-state index contributed by atoms with van der Waals surface area (Å²) >= 11 is 0. The molecule has 5 nitrogen and oxygen atoms in total. The summed E-state index contributed by atoms with van der Waals surface area (Å²) < 4.78 is 17.6. The van der Waals surface area contributed by atoms with Crippen molar-refractivity contribution in [2.45, 2.75) is 25.3 Å². The molecule has 1 fully saturated rings. The summed E-state index contributed by atoms with van der Waals surface area (Å²) in [6, 6.07) is 6.91. The highest BCUT2D eigenvalue weighted by Crippen LogP contribution is 2.39. The number of nitrogens with one attached hydrogen (secondary N) is 1. The number of nitrogens with zero attached hydrogens (tertiary/aromatic N) is 1. The Bertz CT molecular complexity index is 590. The second kappa shape index (κ2) is 5.92. The largest absolute Gasteiger partial charge is 0.452 e. The van der Waals surface area contributed by atoms with Gasteiger partial charge in [0, 0.05) is 0 Å². The monoisotopic (exact) mass is 290 g/mol. The summed E-state index contributed by atoms with van der Waals surface area (Å²) in [6.07, 6.45) is 1.80. The van der Waals surface area contributed by atoms with Crippen LogP contribution in [0.4, 0.5) is 4.39 Å². The molecular formula is C15H15FN2O3. The van der Waals surface area contributed by atoms with Crippen LogP contribution in [0.1, 0.15) is 30.1 Å². The maximum atomic E-state index is 12.7. The molecule has 2 rings (SSSR count). The molecular weight excluding hydrogens is 275 g/mol. The van der Waals surface area contributed by atoms with E-state index in [1.807, 2.05) is 0 Å². The zero-order valence-electron chi connectivity index (χ0n) is 11.6. The van der Waals surface area contributed by atoms with Crippen LogP contribution >= 0.6 is 0 Å². The van der Waals surface area contributed by atoms with Gasteiger partial charge in [0.05, 0.1) is 11.6 Å². The molecule has 0 aromatic heterocycles. The average molecular weight is 290 g/mol. The Morgan fingerprint density at radius 3 is 2.57 bits per heavy atom. The third kappa shape index (κ3) is 3.78. The molecule has 6 heteroatoms. The SMILES string of the molecule is C[C@](C#N)(NC(=O)COC(=O)c1ccc(F)cc1)C1CC1. The summed E-state index contributed by atoms with van der Waals surface area (Å²) in [4.78, 5) is 23.4. The van der Waals surface area contributed by atoms with Crippen LogP contribution in [-0.4, -0.2) is 24.0 Å². The van der Waals surface area contributed by atoms with Crippen LogP contribution in [0.25, 0.3) is 0 Å². The number of carbonyl (C=O) groups excluding carboxylic acids is 2. The standard InChI is InChI=1S/C15H15FN2O3/c1-15(9-17,11-4-5-11)18-13(19)8-21-14(20)10-2-6-12(16)7-3-10/h2-3,6-7,11H,4-5,8H2,1H3,(H,18,19)/t15-/m1/s1. The zero-order valence-corrected chi connectivity index (χ0v) is 11.6. The lowest BCUT2D eigenvalue weighted by Crippen LogP contribution is -2.48. The Balaban J connectivity index is 1.85. The molecule has 1 atom stereocenters. The van der Waals surface area contributed by atoms with Crippen molar-refractivity contribution in [2.75, 3.05) is 6.61 Å². The molecule has 0 aliphatic heterocycles. The Labute approximate surface area is 121 Å². The van der Waals surface area contributed by atoms with Crippen molar-refractivity contribution in [3.05, 3.63) is 35.6 Å². The topological polar surface area (TPSA) is 79.2 Å². The number of amides is 1. The van der Waals surface area contributed by atoms with Gasteiger partial charge in [0.25, 0.3) is 5.91 Å². The second-order valence-electron chi connectivity index (χ2n) is 5.22. The van der Waals surface area contributed by atoms with Crippen molar-refractivity contribution in [3.8, 4) is 6.07 Å². The van der Waals surface area contributed by atoms with Crippen molar-refractivity contribution < 1.29 is 18.7 Å². The highest BCUT2D eigenvalue weighted by Gasteiger charge is 2.43. The molecule has 1 saturated carbocycles. The van der Waals surface area contributed by atoms with E-state index in [9.17, 15) is 14.0 Å². The molecule has 1 aromatic rings. The minimum atomic E-state index is -0.917. The van der Waals surface area contributed by atoms with Gasteiger partial charge in [-0.05, 0) is 49.9 Å².